The van der Waals surface area contributed by atoms with Gasteiger partial charge in [-0.05, 0) is 13.0 Å². The average Bonchev–Trinajstić information content (AvgIpc) is 3.10. The number of amides is 2. The van der Waals surface area contributed by atoms with Gasteiger partial charge in [0.15, 0.2) is 5.69 Å². The van der Waals surface area contributed by atoms with Crippen molar-refractivity contribution >= 4 is 29.4 Å². The van der Waals surface area contributed by atoms with Gasteiger partial charge in [-0.3, -0.25) is 19.1 Å². The van der Waals surface area contributed by atoms with Crippen LogP contribution in [0.2, 0.25) is 5.02 Å². The van der Waals surface area contributed by atoms with E-state index >= 15 is 0 Å². The molecule has 2 aromatic rings. The van der Waals surface area contributed by atoms with Crippen molar-refractivity contribution in [3.8, 4) is 0 Å². The number of nitrogens with zero attached hydrogens (tertiary/aromatic N) is 4. The molecule has 0 bridgehead atoms. The number of carboxylic acids is 1. The van der Waals surface area contributed by atoms with Gasteiger partial charge < -0.3 is 15.7 Å². The highest BCUT2D eigenvalue weighted by Crippen LogP contribution is 2.18. The number of nitrogens with one attached hydrogen (secondary N) is 2. The molecule has 0 atom stereocenters. The molecule has 134 valence electrons. The maximum Gasteiger partial charge on any atom is 0.325 e. The lowest BCUT2D eigenvalue weighted by molar-refractivity contribution is -0.137. The van der Waals surface area contributed by atoms with E-state index in [1.165, 1.54) is 16.9 Å². The number of aliphatic carboxylic acids is 1. The molecule has 2 rings (SSSR count). The summed E-state index contributed by atoms with van der Waals surface area (Å²) in [5.74, 6) is -2.04. The van der Waals surface area contributed by atoms with E-state index in [2.05, 4.69) is 20.8 Å². The summed E-state index contributed by atoms with van der Waals surface area (Å²) in [5, 5.41) is 22.0. The van der Waals surface area contributed by atoms with Gasteiger partial charge in [0, 0.05) is 26.3 Å². The minimum atomic E-state index is -1.10. The van der Waals surface area contributed by atoms with Gasteiger partial charge in [0.05, 0.1) is 10.7 Å². The Balaban J connectivity index is 1.84. The molecule has 25 heavy (non-hydrogen) atoms. The fourth-order valence-corrected chi connectivity index (χ4v) is 2.28. The molecule has 0 spiro atoms. The summed E-state index contributed by atoms with van der Waals surface area (Å²) in [5.41, 5.74) is 0.913. The highest BCUT2D eigenvalue weighted by Gasteiger charge is 2.18. The first kappa shape index (κ1) is 18.5. The van der Waals surface area contributed by atoms with Crippen LogP contribution in [-0.2, 0) is 18.4 Å². The molecule has 0 unspecified atom stereocenters. The molecule has 0 aromatic carbocycles. The van der Waals surface area contributed by atoms with E-state index in [1.54, 1.807) is 14.0 Å². The lowest BCUT2D eigenvalue weighted by Gasteiger charge is -2.07. The lowest BCUT2D eigenvalue weighted by atomic mass is 10.3. The van der Waals surface area contributed by atoms with Crippen molar-refractivity contribution in [2.24, 2.45) is 7.05 Å². The van der Waals surface area contributed by atoms with E-state index in [0.29, 0.717) is 5.69 Å². The second kappa shape index (κ2) is 7.79. The van der Waals surface area contributed by atoms with Gasteiger partial charge in [-0.2, -0.15) is 10.2 Å². The van der Waals surface area contributed by atoms with Crippen molar-refractivity contribution in [1.82, 2.24) is 30.2 Å². The van der Waals surface area contributed by atoms with Gasteiger partial charge in [0.25, 0.3) is 11.8 Å². The molecule has 0 fully saturated rings. The van der Waals surface area contributed by atoms with E-state index in [1.807, 2.05) is 0 Å². The summed E-state index contributed by atoms with van der Waals surface area (Å²) in [7, 11) is 1.68. The third kappa shape index (κ3) is 4.35. The minimum Gasteiger partial charge on any atom is -0.480 e. The number of aryl methyl sites for hydroxylation is 1. The summed E-state index contributed by atoms with van der Waals surface area (Å²) in [6.45, 7) is 1.63. The van der Waals surface area contributed by atoms with Crippen LogP contribution in [0.15, 0.2) is 12.3 Å². The maximum atomic E-state index is 12.0. The Bertz CT molecular complexity index is 812. The Hall–Kier alpha value is -2.88. The lowest BCUT2D eigenvalue weighted by Crippen LogP contribution is -2.36. The fraction of sp³-hybridized carbons (Fsp3) is 0.357. The van der Waals surface area contributed by atoms with Gasteiger partial charge in [-0.15, -0.1) is 0 Å². The predicted molar refractivity (Wildman–Crippen MR) is 87.5 cm³/mol. The van der Waals surface area contributed by atoms with E-state index in [4.69, 9.17) is 16.7 Å². The largest absolute Gasteiger partial charge is 0.480 e. The summed E-state index contributed by atoms with van der Waals surface area (Å²) < 4.78 is 2.58. The normalized spacial score (nSPS) is 10.5. The standard InChI is InChI=1S/C14H17ClN6O4/c1-8-11(15)12(19-20(8)2)14(25)17-6-5-16-13(24)9-3-4-18-21(9)7-10(22)23/h3-4H,5-7H2,1-2H3,(H,16,24)(H,17,25)(H,22,23). The van der Waals surface area contributed by atoms with Crippen molar-refractivity contribution in [3.63, 3.8) is 0 Å². The van der Waals surface area contributed by atoms with Crippen LogP contribution in [-0.4, -0.2) is 55.5 Å². The Labute approximate surface area is 147 Å². The monoisotopic (exact) mass is 368 g/mol. The van der Waals surface area contributed by atoms with Gasteiger partial charge >= 0.3 is 5.97 Å². The molecule has 0 saturated heterocycles. The first-order chi connectivity index (χ1) is 11.8. The number of carboxylic acid groups (broad SMARTS) is 1. The zero-order valence-electron chi connectivity index (χ0n) is 13.6. The van der Waals surface area contributed by atoms with E-state index in [-0.39, 0.29) is 29.5 Å². The topological polar surface area (TPSA) is 131 Å². The third-order valence-corrected chi connectivity index (χ3v) is 3.86. The highest BCUT2D eigenvalue weighted by molar-refractivity contribution is 6.34. The number of carbonyl (C=O) groups excluding carboxylic acids is 2. The van der Waals surface area contributed by atoms with Crippen molar-refractivity contribution in [2.75, 3.05) is 13.1 Å². The van der Waals surface area contributed by atoms with Crippen LogP contribution in [0.1, 0.15) is 26.7 Å². The Morgan fingerprint density at radius 1 is 1.24 bits per heavy atom. The molecule has 0 aliphatic heterocycles. The molecule has 2 heterocycles. The number of hydrogen-bond acceptors (Lipinski definition) is 5. The van der Waals surface area contributed by atoms with Crippen molar-refractivity contribution < 1.29 is 19.5 Å². The van der Waals surface area contributed by atoms with Crippen LogP contribution in [0.3, 0.4) is 0 Å². The summed E-state index contributed by atoms with van der Waals surface area (Å²) >= 11 is 6.03. The van der Waals surface area contributed by atoms with Gasteiger partial charge in [0.1, 0.15) is 12.2 Å². The molecular weight excluding hydrogens is 352 g/mol. The van der Waals surface area contributed by atoms with Gasteiger partial charge in [0.2, 0.25) is 0 Å². The quantitative estimate of drug-likeness (QED) is 0.581. The first-order valence-electron chi connectivity index (χ1n) is 7.30. The highest BCUT2D eigenvalue weighted by atomic mass is 35.5. The predicted octanol–water partition coefficient (Wildman–Crippen LogP) is -0.177. The molecular formula is C14H17ClN6O4. The second-order valence-electron chi connectivity index (χ2n) is 5.15. The van der Waals surface area contributed by atoms with Crippen molar-refractivity contribution in [3.05, 3.63) is 34.4 Å². The molecule has 2 amide bonds. The van der Waals surface area contributed by atoms with Crippen LogP contribution in [0.4, 0.5) is 0 Å². The molecule has 10 nitrogen and oxygen atoms in total. The van der Waals surface area contributed by atoms with Crippen LogP contribution >= 0.6 is 11.6 Å². The van der Waals surface area contributed by atoms with Crippen LogP contribution in [0, 0.1) is 6.92 Å². The molecule has 2 aromatic heterocycles. The van der Waals surface area contributed by atoms with Crippen LogP contribution in [0.25, 0.3) is 0 Å². The van der Waals surface area contributed by atoms with E-state index in [9.17, 15) is 14.4 Å². The average molecular weight is 369 g/mol. The molecule has 11 heteroatoms. The number of aromatic nitrogens is 4. The summed E-state index contributed by atoms with van der Waals surface area (Å²) in [6.07, 6.45) is 1.34. The zero-order valence-corrected chi connectivity index (χ0v) is 14.4. The Morgan fingerprint density at radius 2 is 1.88 bits per heavy atom. The smallest absolute Gasteiger partial charge is 0.325 e. The minimum absolute atomic E-state index is 0.118. The van der Waals surface area contributed by atoms with Crippen molar-refractivity contribution in [1.29, 1.82) is 0 Å². The van der Waals surface area contributed by atoms with Crippen LogP contribution < -0.4 is 10.6 Å². The number of rotatable bonds is 7. The first-order valence-corrected chi connectivity index (χ1v) is 7.68. The number of hydrogen-bond donors (Lipinski definition) is 3. The number of carbonyl (C=O) groups is 3. The number of halogens is 1. The molecule has 3 N–H and O–H groups in total. The molecule has 0 aliphatic rings. The molecule has 0 saturated carbocycles. The second-order valence-corrected chi connectivity index (χ2v) is 5.53. The van der Waals surface area contributed by atoms with Crippen LogP contribution in [0.5, 0.6) is 0 Å². The van der Waals surface area contributed by atoms with Crippen molar-refractivity contribution in [2.45, 2.75) is 13.5 Å². The fourth-order valence-electron chi connectivity index (χ4n) is 2.03. The SMILES string of the molecule is Cc1c(Cl)c(C(=O)NCCNC(=O)c2ccnn2CC(=O)O)nn1C. The molecule has 0 radical (unpaired) electrons. The Kier molecular flexibility index (Phi) is 5.75. The van der Waals surface area contributed by atoms with Gasteiger partial charge in [-0.25, -0.2) is 4.68 Å². The van der Waals surface area contributed by atoms with Gasteiger partial charge in [-0.1, -0.05) is 11.6 Å². The van der Waals surface area contributed by atoms with E-state index < -0.39 is 24.3 Å². The Morgan fingerprint density at radius 3 is 2.44 bits per heavy atom. The molecule has 0 aliphatic carbocycles. The summed E-state index contributed by atoms with van der Waals surface area (Å²) in [4.78, 5) is 34.7. The summed E-state index contributed by atoms with van der Waals surface area (Å²) in [6, 6.07) is 1.41. The third-order valence-electron chi connectivity index (χ3n) is 3.41. The zero-order chi connectivity index (χ0) is 18.6. The maximum absolute atomic E-state index is 12.0. The van der Waals surface area contributed by atoms with E-state index in [0.717, 1.165) is 4.68 Å².